The minimum Gasteiger partial charge on any atom is -0.454 e. The van der Waals surface area contributed by atoms with Gasteiger partial charge in [-0.15, -0.1) is 0 Å². The van der Waals surface area contributed by atoms with Crippen LogP contribution in [0.5, 0.6) is 11.5 Å². The quantitative estimate of drug-likeness (QED) is 0.717. The van der Waals surface area contributed by atoms with Crippen molar-refractivity contribution in [2.45, 2.75) is 13.1 Å². The van der Waals surface area contributed by atoms with Crippen molar-refractivity contribution < 1.29 is 13.9 Å². The minimum atomic E-state index is 0.299. The molecule has 0 saturated carbocycles. The maximum absolute atomic E-state index is 5.85. The molecule has 0 spiro atoms. The highest BCUT2D eigenvalue weighted by Crippen LogP contribution is 2.32. The van der Waals surface area contributed by atoms with Crippen molar-refractivity contribution in [2.24, 2.45) is 0 Å². The number of rotatable bonds is 5. The maximum Gasteiger partial charge on any atom is 0.231 e. The van der Waals surface area contributed by atoms with Crippen LogP contribution in [-0.4, -0.2) is 23.7 Å². The number of hydrogen-bond donors (Lipinski definition) is 0. The van der Waals surface area contributed by atoms with Gasteiger partial charge in [-0.3, -0.25) is 4.90 Å². The van der Waals surface area contributed by atoms with Gasteiger partial charge in [0, 0.05) is 12.1 Å². The van der Waals surface area contributed by atoms with Gasteiger partial charge in [0.25, 0.3) is 0 Å². The van der Waals surface area contributed by atoms with Crippen LogP contribution in [0.4, 0.5) is 0 Å². The summed E-state index contributed by atoms with van der Waals surface area (Å²) in [4.78, 5) is 6.53. The molecule has 4 rings (SSSR count). The molecular weight excluding hydrogens is 304 g/mol. The molecule has 0 unspecified atom stereocenters. The average Bonchev–Trinajstić information content (AvgIpc) is 3.24. The molecular formula is C19H18N2O3. The van der Waals surface area contributed by atoms with Crippen LogP contribution >= 0.6 is 0 Å². The summed E-state index contributed by atoms with van der Waals surface area (Å²) in [5.41, 5.74) is 2.20. The van der Waals surface area contributed by atoms with Crippen LogP contribution in [0.1, 0.15) is 11.5 Å². The molecule has 0 aliphatic carbocycles. The molecule has 3 aromatic rings. The third-order valence-electron chi connectivity index (χ3n) is 3.91. The highest BCUT2D eigenvalue weighted by molar-refractivity contribution is 5.55. The first-order valence-corrected chi connectivity index (χ1v) is 7.85. The van der Waals surface area contributed by atoms with E-state index in [1.54, 1.807) is 6.20 Å². The Morgan fingerprint density at radius 2 is 1.83 bits per heavy atom. The van der Waals surface area contributed by atoms with Crippen molar-refractivity contribution in [3.8, 4) is 22.8 Å². The fourth-order valence-electron chi connectivity index (χ4n) is 2.76. The molecule has 0 amide bonds. The normalized spacial score (nSPS) is 12.8. The number of hydrogen-bond acceptors (Lipinski definition) is 5. The summed E-state index contributed by atoms with van der Waals surface area (Å²) in [6, 6.07) is 16.0. The highest BCUT2D eigenvalue weighted by atomic mass is 16.7. The van der Waals surface area contributed by atoms with Gasteiger partial charge in [-0.25, -0.2) is 4.98 Å². The van der Waals surface area contributed by atoms with E-state index in [1.807, 2.05) is 49.5 Å². The Labute approximate surface area is 140 Å². The Hall–Kier alpha value is -2.79. The number of oxazole rings is 1. The minimum absolute atomic E-state index is 0.299. The zero-order chi connectivity index (χ0) is 16.4. The Kier molecular flexibility index (Phi) is 3.92. The average molecular weight is 322 g/mol. The number of nitrogens with zero attached hydrogens (tertiary/aromatic N) is 2. The van der Waals surface area contributed by atoms with E-state index in [1.165, 1.54) is 0 Å². The smallest absolute Gasteiger partial charge is 0.231 e. The van der Waals surface area contributed by atoms with Crippen molar-refractivity contribution in [1.29, 1.82) is 0 Å². The van der Waals surface area contributed by atoms with Gasteiger partial charge < -0.3 is 13.9 Å². The van der Waals surface area contributed by atoms with Crippen molar-refractivity contribution in [2.75, 3.05) is 13.8 Å². The maximum atomic E-state index is 5.85. The second kappa shape index (κ2) is 6.37. The lowest BCUT2D eigenvalue weighted by Crippen LogP contribution is -2.17. The molecule has 1 aromatic heterocycles. The monoisotopic (exact) mass is 322 g/mol. The van der Waals surface area contributed by atoms with Gasteiger partial charge in [-0.1, -0.05) is 36.4 Å². The van der Waals surface area contributed by atoms with E-state index in [-0.39, 0.29) is 0 Å². The second-order valence-electron chi connectivity index (χ2n) is 5.84. The first kappa shape index (κ1) is 14.8. The molecule has 0 saturated heterocycles. The summed E-state index contributed by atoms with van der Waals surface area (Å²) >= 11 is 0. The third kappa shape index (κ3) is 3.12. The molecule has 0 fully saturated rings. The van der Waals surface area contributed by atoms with E-state index in [4.69, 9.17) is 13.9 Å². The summed E-state index contributed by atoms with van der Waals surface area (Å²) in [5.74, 6) is 3.11. The molecule has 0 atom stereocenters. The first-order chi connectivity index (χ1) is 11.8. The van der Waals surface area contributed by atoms with Crippen LogP contribution in [0.2, 0.25) is 0 Å². The Balaban J connectivity index is 1.41. The lowest BCUT2D eigenvalue weighted by molar-refractivity contribution is 0.174. The second-order valence-corrected chi connectivity index (χ2v) is 5.84. The fraction of sp³-hybridized carbons (Fsp3) is 0.211. The van der Waals surface area contributed by atoms with Crippen LogP contribution in [0.15, 0.2) is 59.1 Å². The summed E-state index contributed by atoms with van der Waals surface area (Å²) in [5, 5.41) is 0. The van der Waals surface area contributed by atoms with Gasteiger partial charge in [0.1, 0.15) is 0 Å². The lowest BCUT2D eigenvalue weighted by atomic mass is 10.2. The number of ether oxygens (including phenoxy) is 2. The van der Waals surface area contributed by atoms with Crippen LogP contribution < -0.4 is 9.47 Å². The molecule has 5 nitrogen and oxygen atoms in total. The largest absolute Gasteiger partial charge is 0.454 e. The molecule has 2 heterocycles. The van der Waals surface area contributed by atoms with Crippen molar-refractivity contribution in [1.82, 2.24) is 9.88 Å². The van der Waals surface area contributed by atoms with Gasteiger partial charge >= 0.3 is 0 Å². The standard InChI is InChI=1S/C19H18N2O3/c1-21(11-14-7-8-16-17(9-14)23-13-22-16)12-19-20-10-18(24-19)15-5-3-2-4-6-15/h2-10H,11-13H2,1H3. The molecule has 24 heavy (non-hydrogen) atoms. The lowest BCUT2D eigenvalue weighted by Gasteiger charge is -2.14. The Morgan fingerprint density at radius 1 is 1.00 bits per heavy atom. The number of aromatic nitrogens is 1. The van der Waals surface area contributed by atoms with Crippen LogP contribution in [0.3, 0.4) is 0 Å². The van der Waals surface area contributed by atoms with Crippen LogP contribution in [0, 0.1) is 0 Å². The Bertz CT molecular complexity index is 830. The van der Waals surface area contributed by atoms with Crippen LogP contribution in [0.25, 0.3) is 11.3 Å². The highest BCUT2D eigenvalue weighted by Gasteiger charge is 2.14. The van der Waals surface area contributed by atoms with E-state index in [2.05, 4.69) is 16.0 Å². The van der Waals surface area contributed by atoms with E-state index >= 15 is 0 Å². The molecule has 0 bridgehead atoms. The zero-order valence-electron chi connectivity index (χ0n) is 13.4. The number of benzene rings is 2. The van der Waals surface area contributed by atoms with Gasteiger partial charge in [0.15, 0.2) is 17.3 Å². The van der Waals surface area contributed by atoms with E-state index in [9.17, 15) is 0 Å². The van der Waals surface area contributed by atoms with E-state index in [0.717, 1.165) is 34.9 Å². The summed E-state index contributed by atoms with van der Waals surface area (Å²) in [7, 11) is 2.04. The zero-order valence-corrected chi connectivity index (χ0v) is 13.4. The van der Waals surface area contributed by atoms with Gasteiger partial charge in [-0.2, -0.15) is 0 Å². The van der Waals surface area contributed by atoms with Crippen molar-refractivity contribution in [3.63, 3.8) is 0 Å². The molecule has 1 aliphatic rings. The van der Waals surface area contributed by atoms with Gasteiger partial charge in [0.05, 0.1) is 12.7 Å². The molecule has 0 N–H and O–H groups in total. The van der Waals surface area contributed by atoms with Gasteiger partial charge in [0.2, 0.25) is 12.7 Å². The van der Waals surface area contributed by atoms with E-state index < -0.39 is 0 Å². The summed E-state index contributed by atoms with van der Waals surface area (Å²) < 4.78 is 16.6. The Morgan fingerprint density at radius 3 is 2.71 bits per heavy atom. The van der Waals surface area contributed by atoms with Crippen molar-refractivity contribution in [3.05, 3.63) is 66.2 Å². The summed E-state index contributed by atoms with van der Waals surface area (Å²) in [6.07, 6.45) is 1.78. The predicted octanol–water partition coefficient (Wildman–Crippen LogP) is 3.70. The molecule has 1 aliphatic heterocycles. The first-order valence-electron chi connectivity index (χ1n) is 7.85. The van der Waals surface area contributed by atoms with Gasteiger partial charge in [-0.05, 0) is 24.7 Å². The van der Waals surface area contributed by atoms with Crippen molar-refractivity contribution >= 4 is 0 Å². The SMILES string of the molecule is CN(Cc1ccc2c(c1)OCO2)Cc1ncc(-c2ccccc2)o1. The van der Waals surface area contributed by atoms with E-state index in [0.29, 0.717) is 19.2 Å². The number of fused-ring (bicyclic) bond motifs is 1. The molecule has 2 aromatic carbocycles. The topological polar surface area (TPSA) is 47.7 Å². The third-order valence-corrected chi connectivity index (χ3v) is 3.91. The molecule has 122 valence electrons. The predicted molar refractivity (Wildman–Crippen MR) is 89.7 cm³/mol. The molecule has 5 heteroatoms. The fourth-order valence-corrected chi connectivity index (χ4v) is 2.76. The van der Waals surface area contributed by atoms with Crippen LogP contribution in [-0.2, 0) is 13.1 Å². The molecule has 0 radical (unpaired) electrons. The summed E-state index contributed by atoms with van der Waals surface area (Å²) in [6.45, 7) is 1.72.